The first kappa shape index (κ1) is 11.4. The van der Waals surface area contributed by atoms with E-state index in [1.807, 2.05) is 0 Å². The molecule has 2 heterocycles. The van der Waals surface area contributed by atoms with Crippen LogP contribution < -0.4 is 5.32 Å². The van der Waals surface area contributed by atoms with Crippen LogP contribution in [-0.2, 0) is 0 Å². The van der Waals surface area contributed by atoms with E-state index in [-0.39, 0.29) is 0 Å². The van der Waals surface area contributed by atoms with Crippen LogP contribution in [0.4, 0.5) is 0 Å². The van der Waals surface area contributed by atoms with Crippen LogP contribution >= 0.6 is 0 Å². The highest BCUT2D eigenvalue weighted by atomic mass is 15.3. The van der Waals surface area contributed by atoms with E-state index in [4.69, 9.17) is 0 Å². The van der Waals surface area contributed by atoms with Crippen molar-refractivity contribution in [3.8, 4) is 0 Å². The van der Waals surface area contributed by atoms with Gasteiger partial charge in [-0.05, 0) is 5.41 Å². The number of hydrogen-bond acceptors (Lipinski definition) is 3. The quantitative estimate of drug-likeness (QED) is 0.722. The molecule has 0 aromatic carbocycles. The van der Waals surface area contributed by atoms with Crippen molar-refractivity contribution in [3.63, 3.8) is 0 Å². The highest BCUT2D eigenvalue weighted by Crippen LogP contribution is 2.17. The van der Waals surface area contributed by atoms with Crippen LogP contribution in [0.5, 0.6) is 0 Å². The van der Waals surface area contributed by atoms with Crippen molar-refractivity contribution in [2.75, 3.05) is 45.8 Å². The molecule has 0 radical (unpaired) electrons. The normalized spacial score (nSPS) is 26.6. The topological polar surface area (TPSA) is 18.5 Å². The molecule has 0 aliphatic carbocycles. The Labute approximate surface area is 93.8 Å². The van der Waals surface area contributed by atoms with Gasteiger partial charge in [-0.1, -0.05) is 20.8 Å². The molecule has 2 aliphatic rings. The smallest absolute Gasteiger partial charge is 0.0346 e. The Morgan fingerprint density at radius 3 is 2.07 bits per heavy atom. The third-order valence-electron chi connectivity index (χ3n) is 3.38. The molecule has 0 atom stereocenters. The molecular formula is C12H25N3. The average molecular weight is 211 g/mol. The SMILES string of the molecule is CC(C)(C)CN1CCN(C2CNC2)CC1. The molecule has 3 nitrogen and oxygen atoms in total. The molecular weight excluding hydrogens is 186 g/mol. The van der Waals surface area contributed by atoms with Crippen LogP contribution in [0.15, 0.2) is 0 Å². The van der Waals surface area contributed by atoms with Crippen molar-refractivity contribution in [1.29, 1.82) is 0 Å². The highest BCUT2D eigenvalue weighted by Gasteiger charge is 2.28. The van der Waals surface area contributed by atoms with E-state index in [2.05, 4.69) is 35.9 Å². The average Bonchev–Trinajstić information content (AvgIpc) is 2.02. The van der Waals surface area contributed by atoms with Crippen LogP contribution in [0.3, 0.4) is 0 Å². The molecule has 2 saturated heterocycles. The van der Waals surface area contributed by atoms with Crippen LogP contribution in [0.25, 0.3) is 0 Å². The minimum absolute atomic E-state index is 0.445. The van der Waals surface area contributed by atoms with Gasteiger partial charge in [0.05, 0.1) is 0 Å². The van der Waals surface area contributed by atoms with Gasteiger partial charge in [-0.15, -0.1) is 0 Å². The summed E-state index contributed by atoms with van der Waals surface area (Å²) in [6.07, 6.45) is 0. The first-order valence-electron chi connectivity index (χ1n) is 6.22. The van der Waals surface area contributed by atoms with E-state index >= 15 is 0 Å². The number of nitrogens with one attached hydrogen (secondary N) is 1. The van der Waals surface area contributed by atoms with Gasteiger partial charge in [-0.3, -0.25) is 4.90 Å². The summed E-state index contributed by atoms with van der Waals surface area (Å²) in [4.78, 5) is 5.26. The summed E-state index contributed by atoms with van der Waals surface area (Å²) in [6.45, 7) is 15.7. The molecule has 0 unspecified atom stereocenters. The van der Waals surface area contributed by atoms with E-state index < -0.39 is 0 Å². The molecule has 0 spiro atoms. The molecule has 0 bridgehead atoms. The van der Waals surface area contributed by atoms with Crippen LogP contribution in [-0.4, -0.2) is 61.7 Å². The van der Waals surface area contributed by atoms with E-state index in [1.165, 1.54) is 45.8 Å². The maximum absolute atomic E-state index is 3.35. The zero-order valence-corrected chi connectivity index (χ0v) is 10.4. The van der Waals surface area contributed by atoms with E-state index in [1.54, 1.807) is 0 Å². The fourth-order valence-electron chi connectivity index (χ4n) is 2.49. The van der Waals surface area contributed by atoms with E-state index in [0.29, 0.717) is 5.41 Å². The van der Waals surface area contributed by atoms with Crippen molar-refractivity contribution < 1.29 is 0 Å². The second-order valence-electron chi connectivity index (χ2n) is 6.18. The molecule has 3 heteroatoms. The Morgan fingerprint density at radius 1 is 1.07 bits per heavy atom. The van der Waals surface area contributed by atoms with Crippen LogP contribution in [0, 0.1) is 5.41 Å². The molecule has 0 amide bonds. The van der Waals surface area contributed by atoms with Gasteiger partial charge in [-0.2, -0.15) is 0 Å². The Kier molecular flexibility index (Phi) is 3.33. The van der Waals surface area contributed by atoms with Crippen molar-refractivity contribution in [2.24, 2.45) is 5.41 Å². The Hall–Kier alpha value is -0.120. The largest absolute Gasteiger partial charge is 0.314 e. The second kappa shape index (κ2) is 4.40. The predicted molar refractivity (Wildman–Crippen MR) is 64.1 cm³/mol. The van der Waals surface area contributed by atoms with Crippen molar-refractivity contribution in [3.05, 3.63) is 0 Å². The molecule has 15 heavy (non-hydrogen) atoms. The van der Waals surface area contributed by atoms with Gasteiger partial charge in [0.15, 0.2) is 0 Å². The molecule has 0 aromatic rings. The minimum Gasteiger partial charge on any atom is -0.314 e. The van der Waals surface area contributed by atoms with Crippen LogP contribution in [0.1, 0.15) is 20.8 Å². The van der Waals surface area contributed by atoms with Gasteiger partial charge in [0, 0.05) is 51.9 Å². The zero-order valence-electron chi connectivity index (χ0n) is 10.4. The molecule has 2 fully saturated rings. The molecule has 2 aliphatic heterocycles. The van der Waals surface area contributed by atoms with Gasteiger partial charge >= 0.3 is 0 Å². The lowest BCUT2D eigenvalue weighted by Crippen LogP contribution is -2.61. The Balaban J connectivity index is 1.72. The van der Waals surface area contributed by atoms with Crippen molar-refractivity contribution in [2.45, 2.75) is 26.8 Å². The summed E-state index contributed by atoms with van der Waals surface area (Å²) in [5, 5.41) is 3.35. The molecule has 0 saturated carbocycles. The summed E-state index contributed by atoms with van der Waals surface area (Å²) in [5.74, 6) is 0. The first-order chi connectivity index (χ1) is 7.04. The Bertz CT molecular complexity index is 197. The van der Waals surface area contributed by atoms with Crippen molar-refractivity contribution in [1.82, 2.24) is 15.1 Å². The van der Waals surface area contributed by atoms with E-state index in [0.717, 1.165) is 6.04 Å². The standard InChI is InChI=1S/C12H25N3/c1-12(2,3)10-14-4-6-15(7-5-14)11-8-13-9-11/h11,13H,4-10H2,1-3H3. The van der Waals surface area contributed by atoms with Gasteiger partial charge < -0.3 is 10.2 Å². The minimum atomic E-state index is 0.445. The molecule has 1 N–H and O–H groups in total. The maximum Gasteiger partial charge on any atom is 0.0346 e. The van der Waals surface area contributed by atoms with Gasteiger partial charge in [0.25, 0.3) is 0 Å². The molecule has 0 aromatic heterocycles. The first-order valence-corrected chi connectivity index (χ1v) is 6.22. The van der Waals surface area contributed by atoms with Gasteiger partial charge in [-0.25, -0.2) is 0 Å². The maximum atomic E-state index is 3.35. The van der Waals surface area contributed by atoms with E-state index in [9.17, 15) is 0 Å². The number of piperazine rings is 1. The molecule has 2 rings (SSSR count). The predicted octanol–water partition coefficient (Wildman–Crippen LogP) is 0.622. The summed E-state index contributed by atoms with van der Waals surface area (Å²) >= 11 is 0. The summed E-state index contributed by atoms with van der Waals surface area (Å²) in [6, 6.07) is 0.835. The van der Waals surface area contributed by atoms with Crippen LogP contribution in [0.2, 0.25) is 0 Å². The third kappa shape index (κ3) is 3.16. The number of hydrogen-bond donors (Lipinski definition) is 1. The number of rotatable bonds is 2. The number of nitrogens with zero attached hydrogens (tertiary/aromatic N) is 2. The fourth-order valence-corrected chi connectivity index (χ4v) is 2.49. The zero-order chi connectivity index (χ0) is 10.9. The van der Waals surface area contributed by atoms with Gasteiger partial charge in [0.1, 0.15) is 0 Å². The van der Waals surface area contributed by atoms with Gasteiger partial charge in [0.2, 0.25) is 0 Å². The highest BCUT2D eigenvalue weighted by molar-refractivity contribution is 4.87. The lowest BCUT2D eigenvalue weighted by molar-refractivity contribution is 0.0576. The van der Waals surface area contributed by atoms with Crippen molar-refractivity contribution >= 4 is 0 Å². The lowest BCUT2D eigenvalue weighted by atomic mass is 9.95. The third-order valence-corrected chi connectivity index (χ3v) is 3.38. The summed E-state index contributed by atoms with van der Waals surface area (Å²) in [5.41, 5.74) is 0.445. The Morgan fingerprint density at radius 2 is 1.67 bits per heavy atom. The fraction of sp³-hybridized carbons (Fsp3) is 1.00. The lowest BCUT2D eigenvalue weighted by Gasteiger charge is -2.44. The summed E-state index contributed by atoms with van der Waals surface area (Å²) in [7, 11) is 0. The monoisotopic (exact) mass is 211 g/mol. The summed E-state index contributed by atoms with van der Waals surface area (Å²) < 4.78 is 0. The second-order valence-corrected chi connectivity index (χ2v) is 6.18. The molecule has 88 valence electrons.